The number of hydrogen-bond acceptors (Lipinski definition) is 3. The highest BCUT2D eigenvalue weighted by Crippen LogP contribution is 2.34. The van der Waals surface area contributed by atoms with Crippen molar-refractivity contribution < 1.29 is 9.13 Å². The van der Waals surface area contributed by atoms with E-state index in [2.05, 4.69) is 24.0 Å². The summed E-state index contributed by atoms with van der Waals surface area (Å²) >= 11 is 0. The number of halogens is 1. The molecular weight excluding hydrogens is 387 g/mol. The molecule has 3 nitrogen and oxygen atoms in total. The van der Waals surface area contributed by atoms with Crippen LogP contribution in [0.4, 0.5) is 4.39 Å². The van der Waals surface area contributed by atoms with Gasteiger partial charge in [-0.1, -0.05) is 83.8 Å². The van der Waals surface area contributed by atoms with Crippen LogP contribution < -0.4 is 4.74 Å². The zero-order valence-electron chi connectivity index (χ0n) is 19.4. The summed E-state index contributed by atoms with van der Waals surface area (Å²) in [5.74, 6) is 2.08. The van der Waals surface area contributed by atoms with E-state index >= 15 is 0 Å². The van der Waals surface area contributed by atoms with Gasteiger partial charge in [-0.05, 0) is 48.8 Å². The van der Waals surface area contributed by atoms with Crippen molar-refractivity contribution in [3.8, 4) is 17.1 Å². The number of aromatic nitrogens is 2. The molecular formula is C27H39FN2O. The van der Waals surface area contributed by atoms with Gasteiger partial charge < -0.3 is 4.74 Å². The Morgan fingerprint density at radius 3 is 2.26 bits per heavy atom. The van der Waals surface area contributed by atoms with Gasteiger partial charge in [0.05, 0.1) is 12.3 Å². The van der Waals surface area contributed by atoms with Crippen LogP contribution in [0, 0.1) is 17.7 Å². The summed E-state index contributed by atoms with van der Waals surface area (Å²) in [5.41, 5.74) is 2.26. The van der Waals surface area contributed by atoms with E-state index in [4.69, 9.17) is 4.74 Å². The number of benzene rings is 1. The van der Waals surface area contributed by atoms with Gasteiger partial charge in [0.15, 0.2) is 0 Å². The van der Waals surface area contributed by atoms with Crippen molar-refractivity contribution >= 4 is 0 Å². The summed E-state index contributed by atoms with van der Waals surface area (Å²) in [7, 11) is 0. The Hall–Kier alpha value is -1.97. The third-order valence-corrected chi connectivity index (χ3v) is 6.74. The van der Waals surface area contributed by atoms with Crippen molar-refractivity contribution in [2.75, 3.05) is 6.61 Å². The molecule has 1 heterocycles. The van der Waals surface area contributed by atoms with Gasteiger partial charge in [-0.15, -0.1) is 10.2 Å². The highest BCUT2D eigenvalue weighted by molar-refractivity contribution is 5.59. The molecule has 0 amide bonds. The van der Waals surface area contributed by atoms with E-state index in [9.17, 15) is 4.39 Å². The van der Waals surface area contributed by atoms with Crippen molar-refractivity contribution in [3.05, 3.63) is 41.7 Å². The summed E-state index contributed by atoms with van der Waals surface area (Å²) in [5, 5.41) is 8.32. The molecule has 3 rings (SSSR count). The van der Waals surface area contributed by atoms with Gasteiger partial charge in [0, 0.05) is 11.6 Å². The minimum Gasteiger partial charge on any atom is -0.477 e. The van der Waals surface area contributed by atoms with Crippen LogP contribution >= 0.6 is 0 Å². The normalized spacial score (nSPS) is 18.8. The van der Waals surface area contributed by atoms with Gasteiger partial charge in [0.2, 0.25) is 5.88 Å². The Balaban J connectivity index is 1.46. The first-order chi connectivity index (χ1) is 15.2. The van der Waals surface area contributed by atoms with Crippen LogP contribution in [0.2, 0.25) is 0 Å². The van der Waals surface area contributed by atoms with Crippen LogP contribution in [0.15, 0.2) is 30.3 Å². The molecule has 2 aromatic rings. The van der Waals surface area contributed by atoms with Crippen molar-refractivity contribution in [1.82, 2.24) is 10.2 Å². The maximum Gasteiger partial charge on any atom is 0.233 e. The molecule has 1 aromatic carbocycles. The lowest BCUT2D eigenvalue weighted by Crippen LogP contribution is -2.15. The fourth-order valence-corrected chi connectivity index (χ4v) is 4.63. The number of unbranched alkanes of at least 4 members (excludes halogenated alkanes) is 3. The maximum absolute atomic E-state index is 14.7. The van der Waals surface area contributed by atoms with Gasteiger partial charge >= 0.3 is 0 Å². The van der Waals surface area contributed by atoms with Crippen LogP contribution in [-0.4, -0.2) is 16.8 Å². The third kappa shape index (κ3) is 7.59. The van der Waals surface area contributed by atoms with E-state index in [1.165, 1.54) is 51.4 Å². The van der Waals surface area contributed by atoms with E-state index < -0.39 is 0 Å². The molecule has 1 fully saturated rings. The predicted octanol–water partition coefficient (Wildman–Crippen LogP) is 7.78. The lowest BCUT2D eigenvalue weighted by atomic mass is 9.77. The quantitative estimate of drug-likeness (QED) is 0.325. The minimum absolute atomic E-state index is 0.129. The molecule has 4 heteroatoms. The SMILES string of the molecule is CCCCC[C@H]1CC[C@H](CCc2ccc(-c3ccc(OCCCC)nn3)cc2F)CC1. The monoisotopic (exact) mass is 426 g/mol. The van der Waals surface area contributed by atoms with Gasteiger partial charge in [-0.2, -0.15) is 0 Å². The Morgan fingerprint density at radius 2 is 1.61 bits per heavy atom. The number of ether oxygens (including phenoxy) is 1. The second-order valence-corrected chi connectivity index (χ2v) is 9.19. The Bertz CT molecular complexity index is 769. The molecule has 1 saturated carbocycles. The highest BCUT2D eigenvalue weighted by atomic mass is 19.1. The molecule has 1 aliphatic carbocycles. The van der Waals surface area contributed by atoms with E-state index in [0.717, 1.165) is 48.6 Å². The Kier molecular flexibility index (Phi) is 9.77. The average Bonchev–Trinajstić information content (AvgIpc) is 2.80. The summed E-state index contributed by atoms with van der Waals surface area (Å²) in [6, 6.07) is 9.14. The van der Waals surface area contributed by atoms with Crippen LogP contribution in [0.5, 0.6) is 5.88 Å². The highest BCUT2D eigenvalue weighted by Gasteiger charge is 2.21. The van der Waals surface area contributed by atoms with Crippen molar-refractivity contribution in [1.29, 1.82) is 0 Å². The fourth-order valence-electron chi connectivity index (χ4n) is 4.63. The largest absolute Gasteiger partial charge is 0.477 e. The molecule has 1 aliphatic rings. The topological polar surface area (TPSA) is 35.0 Å². The first-order valence-corrected chi connectivity index (χ1v) is 12.4. The summed E-state index contributed by atoms with van der Waals surface area (Å²) in [6.45, 7) is 5.04. The molecule has 0 bridgehead atoms. The van der Waals surface area contributed by atoms with E-state index in [1.807, 2.05) is 24.3 Å². The minimum atomic E-state index is -0.129. The van der Waals surface area contributed by atoms with Gasteiger partial charge in [-0.25, -0.2) is 4.39 Å². The molecule has 31 heavy (non-hydrogen) atoms. The van der Waals surface area contributed by atoms with E-state index in [0.29, 0.717) is 18.2 Å². The lowest BCUT2D eigenvalue weighted by molar-refractivity contribution is 0.248. The van der Waals surface area contributed by atoms with Crippen LogP contribution in [0.25, 0.3) is 11.3 Å². The smallest absolute Gasteiger partial charge is 0.233 e. The van der Waals surface area contributed by atoms with Crippen molar-refractivity contribution in [2.45, 2.75) is 90.9 Å². The summed E-state index contributed by atoms with van der Waals surface area (Å²) in [4.78, 5) is 0. The molecule has 1 aromatic heterocycles. The molecule has 0 atom stereocenters. The van der Waals surface area contributed by atoms with Gasteiger partial charge in [0.25, 0.3) is 0 Å². The van der Waals surface area contributed by atoms with Crippen LogP contribution in [0.3, 0.4) is 0 Å². The zero-order valence-corrected chi connectivity index (χ0v) is 19.4. The number of aryl methyl sites for hydroxylation is 1. The summed E-state index contributed by atoms with van der Waals surface area (Å²) in [6.07, 6.45) is 14.9. The second-order valence-electron chi connectivity index (χ2n) is 9.19. The first kappa shape index (κ1) is 23.7. The Morgan fingerprint density at radius 1 is 0.871 bits per heavy atom. The van der Waals surface area contributed by atoms with Crippen molar-refractivity contribution in [3.63, 3.8) is 0 Å². The fraction of sp³-hybridized carbons (Fsp3) is 0.630. The molecule has 170 valence electrons. The first-order valence-electron chi connectivity index (χ1n) is 12.4. The van der Waals surface area contributed by atoms with Gasteiger partial charge in [-0.3, -0.25) is 0 Å². The molecule has 0 N–H and O–H groups in total. The predicted molar refractivity (Wildman–Crippen MR) is 126 cm³/mol. The summed E-state index contributed by atoms with van der Waals surface area (Å²) < 4.78 is 20.3. The van der Waals surface area contributed by atoms with Crippen LogP contribution in [0.1, 0.15) is 90.0 Å². The molecule has 0 unspecified atom stereocenters. The lowest BCUT2D eigenvalue weighted by Gasteiger charge is -2.28. The number of rotatable bonds is 12. The van der Waals surface area contributed by atoms with Gasteiger partial charge in [0.1, 0.15) is 5.82 Å². The Labute approximate surface area is 187 Å². The van der Waals surface area contributed by atoms with E-state index in [-0.39, 0.29) is 5.82 Å². The van der Waals surface area contributed by atoms with Crippen LogP contribution in [-0.2, 0) is 6.42 Å². The maximum atomic E-state index is 14.7. The molecule has 0 spiro atoms. The van der Waals surface area contributed by atoms with E-state index in [1.54, 1.807) is 6.07 Å². The number of hydrogen-bond donors (Lipinski definition) is 0. The standard InChI is InChI=1S/C27H39FN2O/c1-3-5-7-8-21-9-11-22(12-10-21)13-14-23-15-16-24(20-25(23)28)26-17-18-27(30-29-26)31-19-6-4-2/h15-18,20-22H,3-14,19H2,1-2H3/t21-,22-. The average molecular weight is 427 g/mol. The number of nitrogens with zero attached hydrogens (tertiary/aromatic N) is 2. The molecule has 0 saturated heterocycles. The second kappa shape index (κ2) is 12.8. The van der Waals surface area contributed by atoms with Crippen molar-refractivity contribution in [2.24, 2.45) is 11.8 Å². The third-order valence-electron chi connectivity index (χ3n) is 6.74. The zero-order chi connectivity index (χ0) is 21.9. The molecule has 0 aliphatic heterocycles. The molecule has 0 radical (unpaired) electrons.